The second kappa shape index (κ2) is 21.7. The molecule has 0 radical (unpaired) electrons. The minimum atomic E-state index is 0.884. The van der Waals surface area contributed by atoms with Crippen LogP contribution in [-0.2, 0) is 51.4 Å². The van der Waals surface area contributed by atoms with E-state index in [1.165, 1.54) is 78.1 Å². The van der Waals surface area contributed by atoms with Crippen molar-refractivity contribution in [2.75, 3.05) is 10.6 Å². The summed E-state index contributed by atoms with van der Waals surface area (Å²) >= 11 is 0. The van der Waals surface area contributed by atoms with E-state index < -0.39 is 0 Å². The first-order chi connectivity index (χ1) is 31.4. The van der Waals surface area contributed by atoms with Crippen LogP contribution in [0.1, 0.15) is 111 Å². The molecule has 4 nitrogen and oxygen atoms in total. The molecule has 64 heavy (non-hydrogen) atoms. The normalized spacial score (nSPS) is 11.5. The van der Waals surface area contributed by atoms with Crippen molar-refractivity contribution in [1.29, 1.82) is 0 Å². The van der Waals surface area contributed by atoms with Crippen molar-refractivity contribution < 1.29 is 0 Å². The fourth-order valence-electron chi connectivity index (χ4n) is 9.02. The Morgan fingerprint density at radius 2 is 0.641 bits per heavy atom. The highest BCUT2D eigenvalue weighted by atomic mass is 14.9. The molecule has 2 N–H and O–H groups in total. The van der Waals surface area contributed by atoms with E-state index in [0.717, 1.165) is 85.2 Å². The molecule has 0 aromatic heterocycles. The van der Waals surface area contributed by atoms with E-state index in [2.05, 4.69) is 212 Å². The quantitative estimate of drug-likeness (QED) is 0.0846. The van der Waals surface area contributed by atoms with Crippen molar-refractivity contribution >= 4 is 46.6 Å². The molecule has 0 unspecified atom stereocenters. The summed E-state index contributed by atoms with van der Waals surface area (Å²) in [6.07, 6.45) is 11.5. The van der Waals surface area contributed by atoms with Gasteiger partial charge >= 0.3 is 0 Å². The Morgan fingerprint density at radius 1 is 0.344 bits per heavy atom. The number of nitrogens with zero attached hydrogens (tertiary/aromatic N) is 2. The smallest absolute Gasteiger partial charge is 0.0694 e. The summed E-state index contributed by atoms with van der Waals surface area (Å²) in [5.74, 6) is 0. The molecule has 7 aromatic rings. The van der Waals surface area contributed by atoms with Gasteiger partial charge in [-0.1, -0.05) is 152 Å². The molecule has 0 amide bonds. The van der Waals surface area contributed by atoms with Crippen LogP contribution in [0.25, 0.3) is 22.3 Å². The van der Waals surface area contributed by atoms with Gasteiger partial charge in [0.1, 0.15) is 0 Å². The van der Waals surface area contributed by atoms with Crippen molar-refractivity contribution in [3.05, 3.63) is 189 Å². The fraction of sp³-hybridized carbons (Fsp3) is 0.267. The van der Waals surface area contributed by atoms with Gasteiger partial charge < -0.3 is 10.6 Å². The molecule has 0 aliphatic heterocycles. The minimum absolute atomic E-state index is 0.884. The van der Waals surface area contributed by atoms with Gasteiger partial charge in [0, 0.05) is 46.3 Å². The number of benzene rings is 7. The van der Waals surface area contributed by atoms with Gasteiger partial charge in [-0.2, -0.15) is 0 Å². The number of aliphatic imine (C=N–C) groups is 2. The number of hydrogen-bond donors (Lipinski definition) is 2. The molecular weight excluding hydrogens is 777 g/mol. The van der Waals surface area contributed by atoms with Crippen LogP contribution >= 0.6 is 0 Å². The van der Waals surface area contributed by atoms with Crippen molar-refractivity contribution in [3.63, 3.8) is 0 Å². The summed E-state index contributed by atoms with van der Waals surface area (Å²) in [5.41, 5.74) is 24.1. The van der Waals surface area contributed by atoms with Crippen molar-refractivity contribution in [3.8, 4) is 22.3 Å². The zero-order chi connectivity index (χ0) is 45.0. The lowest BCUT2D eigenvalue weighted by Gasteiger charge is -2.18. The second-order valence-electron chi connectivity index (χ2n) is 16.5. The number of hydrogen-bond acceptors (Lipinski definition) is 4. The first-order valence-electron chi connectivity index (χ1n) is 23.8. The molecule has 0 saturated heterocycles. The SMILES string of the molecule is CCc1cc(-c2ccccc2-c2cc(CC)c(N=Cc3ccccc3Nc3c(CC)cccc3CC)c(CC)c2)cc(CC)c1N=Cc1ccccc1Nc1c(CC)cccc1CC. The number of aryl methyl sites for hydroxylation is 8. The second-order valence-corrected chi connectivity index (χ2v) is 16.5. The third kappa shape index (κ3) is 9.98. The Bertz CT molecular complexity index is 2490. The van der Waals surface area contributed by atoms with Crippen LogP contribution in [0.3, 0.4) is 0 Å². The summed E-state index contributed by atoms with van der Waals surface area (Å²) in [4.78, 5) is 10.5. The Hall–Kier alpha value is -6.52. The fourth-order valence-corrected chi connectivity index (χ4v) is 9.02. The molecule has 0 aliphatic carbocycles. The maximum Gasteiger partial charge on any atom is 0.0694 e. The summed E-state index contributed by atoms with van der Waals surface area (Å²) in [5, 5.41) is 7.61. The third-order valence-electron chi connectivity index (χ3n) is 12.7. The predicted molar refractivity (Wildman–Crippen MR) is 279 cm³/mol. The Morgan fingerprint density at radius 3 is 0.953 bits per heavy atom. The van der Waals surface area contributed by atoms with Gasteiger partial charge in [-0.05, 0) is 155 Å². The zero-order valence-corrected chi connectivity index (χ0v) is 39.4. The average molecular weight is 843 g/mol. The highest BCUT2D eigenvalue weighted by Gasteiger charge is 2.17. The summed E-state index contributed by atoms with van der Waals surface area (Å²) < 4.78 is 0. The number of nitrogens with one attached hydrogen (secondary N) is 2. The van der Waals surface area contributed by atoms with Crippen molar-refractivity contribution in [2.45, 2.75) is 107 Å². The molecule has 0 aliphatic rings. The van der Waals surface area contributed by atoms with E-state index in [1.54, 1.807) is 0 Å². The van der Waals surface area contributed by atoms with Crippen LogP contribution in [0.15, 0.2) is 143 Å². The van der Waals surface area contributed by atoms with Crippen LogP contribution < -0.4 is 10.6 Å². The van der Waals surface area contributed by atoms with Gasteiger partial charge in [-0.25, -0.2) is 0 Å². The maximum atomic E-state index is 5.27. The van der Waals surface area contributed by atoms with E-state index in [1.807, 2.05) is 0 Å². The molecule has 4 heteroatoms. The summed E-state index contributed by atoms with van der Waals surface area (Å²) in [6.45, 7) is 17.9. The van der Waals surface area contributed by atoms with Gasteiger partial charge in [-0.15, -0.1) is 0 Å². The summed E-state index contributed by atoms with van der Waals surface area (Å²) in [6, 6.07) is 48.6. The number of rotatable bonds is 18. The first-order valence-corrected chi connectivity index (χ1v) is 23.8. The molecule has 0 spiro atoms. The Labute approximate surface area is 383 Å². The lowest BCUT2D eigenvalue weighted by molar-refractivity contribution is 1.08. The van der Waals surface area contributed by atoms with E-state index in [-0.39, 0.29) is 0 Å². The van der Waals surface area contributed by atoms with Crippen LogP contribution in [0.5, 0.6) is 0 Å². The van der Waals surface area contributed by atoms with Gasteiger partial charge in [0.15, 0.2) is 0 Å². The molecule has 0 atom stereocenters. The zero-order valence-electron chi connectivity index (χ0n) is 39.4. The molecular formula is C60H66N4. The Kier molecular flexibility index (Phi) is 15.4. The van der Waals surface area contributed by atoms with Crippen LogP contribution in [0, 0.1) is 0 Å². The highest BCUT2D eigenvalue weighted by Crippen LogP contribution is 2.40. The molecule has 0 saturated carbocycles. The molecule has 0 fully saturated rings. The van der Waals surface area contributed by atoms with Gasteiger partial charge in [0.05, 0.1) is 11.4 Å². The Balaban J connectivity index is 1.22. The largest absolute Gasteiger partial charge is 0.355 e. The van der Waals surface area contributed by atoms with E-state index >= 15 is 0 Å². The topological polar surface area (TPSA) is 48.8 Å². The average Bonchev–Trinajstić information content (AvgIpc) is 3.35. The minimum Gasteiger partial charge on any atom is -0.355 e. The lowest BCUT2D eigenvalue weighted by Crippen LogP contribution is -2.02. The highest BCUT2D eigenvalue weighted by molar-refractivity contribution is 5.94. The predicted octanol–water partition coefficient (Wildman–Crippen LogP) is 16.5. The first kappa shape index (κ1) is 45.5. The van der Waals surface area contributed by atoms with Crippen LogP contribution in [0.4, 0.5) is 34.1 Å². The lowest BCUT2D eigenvalue weighted by atomic mass is 9.88. The van der Waals surface area contributed by atoms with E-state index in [4.69, 9.17) is 9.98 Å². The summed E-state index contributed by atoms with van der Waals surface area (Å²) in [7, 11) is 0. The van der Waals surface area contributed by atoms with Crippen molar-refractivity contribution in [1.82, 2.24) is 0 Å². The van der Waals surface area contributed by atoms with Crippen LogP contribution in [0.2, 0.25) is 0 Å². The number of anilines is 4. The van der Waals surface area contributed by atoms with E-state index in [0.29, 0.717) is 0 Å². The molecule has 326 valence electrons. The van der Waals surface area contributed by atoms with Gasteiger partial charge in [0.2, 0.25) is 0 Å². The third-order valence-corrected chi connectivity index (χ3v) is 12.7. The van der Waals surface area contributed by atoms with Gasteiger partial charge in [-0.3, -0.25) is 9.98 Å². The standard InChI is InChI=1S/C60H66N4/c1-9-41-27-23-28-42(10-2)59(41)63-55-33-21-17-25-49(55)39-61-57-45(13-5)35-51(36-46(57)14-6)53-31-19-20-32-54(53)52-37-47(15-7)58(48(16-8)38-52)62-40-50-26-18-22-34-56(50)64-60-43(11-3)29-24-30-44(60)12-4/h17-40,63-64H,9-16H2,1-8H3. The van der Waals surface area contributed by atoms with Crippen molar-refractivity contribution in [2.24, 2.45) is 9.98 Å². The van der Waals surface area contributed by atoms with Crippen LogP contribution in [-0.4, -0.2) is 12.4 Å². The monoisotopic (exact) mass is 843 g/mol. The molecule has 7 aromatic carbocycles. The van der Waals surface area contributed by atoms with Gasteiger partial charge in [0.25, 0.3) is 0 Å². The van der Waals surface area contributed by atoms with E-state index in [9.17, 15) is 0 Å². The molecule has 0 heterocycles. The molecule has 7 rings (SSSR count). The maximum absolute atomic E-state index is 5.27. The molecule has 0 bridgehead atoms. The number of para-hydroxylation sites is 4.